The van der Waals surface area contributed by atoms with Gasteiger partial charge in [0.2, 0.25) is 0 Å². The Labute approximate surface area is 116 Å². The third kappa shape index (κ3) is 2.19. The zero-order chi connectivity index (χ0) is 13.4. The van der Waals surface area contributed by atoms with Gasteiger partial charge in [-0.2, -0.15) is 0 Å². The Balaban J connectivity index is 2.12. The highest BCUT2D eigenvalue weighted by molar-refractivity contribution is 6.31. The molecule has 1 aliphatic carbocycles. The lowest BCUT2D eigenvalue weighted by Gasteiger charge is -2.20. The molecule has 1 aromatic rings. The number of halogens is 1. The highest BCUT2D eigenvalue weighted by Crippen LogP contribution is 2.38. The van der Waals surface area contributed by atoms with Crippen LogP contribution in [-0.2, 0) is 0 Å². The number of allylic oxidation sites excluding steroid dienone is 2. The van der Waals surface area contributed by atoms with E-state index in [-0.39, 0.29) is 0 Å². The van der Waals surface area contributed by atoms with Crippen LogP contribution in [0.25, 0.3) is 0 Å². The minimum absolute atomic E-state index is 0.411. The minimum Gasteiger partial charge on any atom is -0.459 e. The summed E-state index contributed by atoms with van der Waals surface area (Å²) in [5, 5.41) is 0.545. The van der Waals surface area contributed by atoms with E-state index in [1.807, 2.05) is 6.08 Å². The van der Waals surface area contributed by atoms with Crippen molar-refractivity contribution in [2.75, 3.05) is 11.4 Å². The first kappa shape index (κ1) is 12.1. The van der Waals surface area contributed by atoms with E-state index in [2.05, 4.69) is 6.08 Å². The number of amides is 2. The van der Waals surface area contributed by atoms with Crippen molar-refractivity contribution >= 4 is 23.3 Å². The van der Waals surface area contributed by atoms with Gasteiger partial charge >= 0.3 is 6.03 Å². The molecular formula is C14H13ClN2O2. The molecule has 0 saturated heterocycles. The van der Waals surface area contributed by atoms with Gasteiger partial charge in [-0.25, -0.2) is 4.79 Å². The fourth-order valence-corrected chi connectivity index (χ4v) is 2.49. The van der Waals surface area contributed by atoms with Gasteiger partial charge in [-0.3, -0.25) is 4.90 Å². The van der Waals surface area contributed by atoms with Gasteiger partial charge in [0.05, 0.1) is 12.2 Å². The zero-order valence-electron chi connectivity index (χ0n) is 10.2. The van der Waals surface area contributed by atoms with Gasteiger partial charge in [-0.05, 0) is 24.6 Å². The average molecular weight is 277 g/mol. The number of nitrogens with zero attached hydrogens (tertiary/aromatic N) is 1. The fraction of sp³-hybridized carbons (Fsp3) is 0.214. The van der Waals surface area contributed by atoms with Crippen LogP contribution in [-0.4, -0.2) is 12.6 Å². The normalized spacial score (nSPS) is 17.4. The lowest BCUT2D eigenvalue weighted by Crippen LogP contribution is -2.36. The van der Waals surface area contributed by atoms with E-state index in [1.165, 1.54) is 4.90 Å². The fourth-order valence-electron chi connectivity index (χ4n) is 2.32. The second-order valence-electron chi connectivity index (χ2n) is 4.53. The van der Waals surface area contributed by atoms with Crippen LogP contribution in [0.3, 0.4) is 0 Å². The summed E-state index contributed by atoms with van der Waals surface area (Å²) >= 11 is 5.99. The number of urea groups is 1. The molecule has 0 aromatic heterocycles. The summed E-state index contributed by atoms with van der Waals surface area (Å²) in [7, 11) is 0. The number of hydrogen-bond donors (Lipinski definition) is 1. The summed E-state index contributed by atoms with van der Waals surface area (Å²) in [5.41, 5.74) is 7.06. The largest absolute Gasteiger partial charge is 0.459 e. The molecule has 1 heterocycles. The quantitative estimate of drug-likeness (QED) is 0.791. The van der Waals surface area contributed by atoms with Gasteiger partial charge in [-0.1, -0.05) is 23.8 Å². The van der Waals surface area contributed by atoms with E-state index in [1.54, 1.807) is 18.2 Å². The molecule has 1 aromatic carbocycles. The van der Waals surface area contributed by atoms with Crippen molar-refractivity contribution < 1.29 is 9.53 Å². The van der Waals surface area contributed by atoms with Gasteiger partial charge in [0.15, 0.2) is 5.75 Å². The molecule has 0 unspecified atom stereocenters. The van der Waals surface area contributed by atoms with Gasteiger partial charge in [0.25, 0.3) is 0 Å². The van der Waals surface area contributed by atoms with Crippen LogP contribution in [0, 0.1) is 0 Å². The second kappa shape index (κ2) is 4.63. The number of carbonyl (C=O) groups excluding carboxylic acids is 1. The Bertz CT molecular complexity index is 607. The van der Waals surface area contributed by atoms with E-state index in [9.17, 15) is 4.79 Å². The SMILES string of the molecule is NC(=O)N1CC2=C(CCC=C2)Oc2ccc(Cl)cc21. The van der Waals surface area contributed by atoms with E-state index >= 15 is 0 Å². The maximum Gasteiger partial charge on any atom is 0.319 e. The number of ether oxygens (including phenoxy) is 1. The molecule has 0 bridgehead atoms. The number of primary amides is 1. The number of hydrogen-bond acceptors (Lipinski definition) is 2. The van der Waals surface area contributed by atoms with Crippen LogP contribution in [0.5, 0.6) is 5.75 Å². The maximum absolute atomic E-state index is 11.7. The summed E-state index contributed by atoms with van der Waals surface area (Å²) in [4.78, 5) is 13.1. The van der Waals surface area contributed by atoms with Gasteiger partial charge < -0.3 is 10.5 Å². The Morgan fingerprint density at radius 3 is 3.05 bits per heavy atom. The highest BCUT2D eigenvalue weighted by Gasteiger charge is 2.25. The Morgan fingerprint density at radius 2 is 2.26 bits per heavy atom. The standard InChI is InChI=1S/C14H13ClN2O2/c15-10-5-6-13-11(7-10)17(14(16)18)8-9-3-1-2-4-12(9)19-13/h1,3,5-7H,2,4,8H2,(H2,16,18). The molecular weight excluding hydrogens is 264 g/mol. The topological polar surface area (TPSA) is 55.6 Å². The zero-order valence-corrected chi connectivity index (χ0v) is 11.0. The van der Waals surface area contributed by atoms with Crippen molar-refractivity contribution in [1.82, 2.24) is 0 Å². The van der Waals surface area contributed by atoms with Crippen LogP contribution < -0.4 is 15.4 Å². The molecule has 2 aliphatic rings. The third-order valence-electron chi connectivity index (χ3n) is 3.25. The van der Waals surface area contributed by atoms with Crippen molar-refractivity contribution in [3.05, 3.63) is 46.7 Å². The van der Waals surface area contributed by atoms with Crippen LogP contribution in [0.1, 0.15) is 12.8 Å². The lowest BCUT2D eigenvalue weighted by molar-refractivity contribution is 0.254. The molecule has 5 heteroatoms. The molecule has 0 fully saturated rings. The van der Waals surface area contributed by atoms with Crippen molar-refractivity contribution in [2.24, 2.45) is 5.73 Å². The predicted molar refractivity (Wildman–Crippen MR) is 74.4 cm³/mol. The Kier molecular flexibility index (Phi) is 2.95. The summed E-state index contributed by atoms with van der Waals surface area (Å²) < 4.78 is 5.92. The molecule has 98 valence electrons. The summed E-state index contributed by atoms with van der Waals surface area (Å²) in [6.45, 7) is 0.411. The van der Waals surface area contributed by atoms with Gasteiger partial charge in [-0.15, -0.1) is 0 Å². The number of nitrogens with two attached hydrogens (primary N) is 1. The number of fused-ring (bicyclic) bond motifs is 1. The van der Waals surface area contributed by atoms with Crippen molar-refractivity contribution in [3.63, 3.8) is 0 Å². The van der Waals surface area contributed by atoms with E-state index in [4.69, 9.17) is 22.1 Å². The molecule has 0 saturated carbocycles. The highest BCUT2D eigenvalue weighted by atomic mass is 35.5. The first-order chi connectivity index (χ1) is 9.15. The monoisotopic (exact) mass is 276 g/mol. The van der Waals surface area contributed by atoms with E-state index in [0.717, 1.165) is 24.2 Å². The number of anilines is 1. The Morgan fingerprint density at radius 1 is 1.42 bits per heavy atom. The summed E-state index contributed by atoms with van der Waals surface area (Å²) in [5.74, 6) is 1.51. The Hall–Kier alpha value is -1.94. The molecule has 0 spiro atoms. The van der Waals surface area contributed by atoms with Crippen molar-refractivity contribution in [2.45, 2.75) is 12.8 Å². The van der Waals surface area contributed by atoms with Crippen LogP contribution >= 0.6 is 11.6 Å². The van der Waals surface area contributed by atoms with Gasteiger partial charge in [0, 0.05) is 17.0 Å². The average Bonchev–Trinajstić information content (AvgIpc) is 2.55. The van der Waals surface area contributed by atoms with Crippen LogP contribution in [0.15, 0.2) is 41.7 Å². The van der Waals surface area contributed by atoms with Crippen molar-refractivity contribution in [3.8, 4) is 5.75 Å². The summed E-state index contributed by atoms with van der Waals surface area (Å²) in [6, 6.07) is 4.69. The number of benzene rings is 1. The lowest BCUT2D eigenvalue weighted by atomic mass is 10.0. The first-order valence-corrected chi connectivity index (χ1v) is 6.46. The minimum atomic E-state index is -0.514. The van der Waals surface area contributed by atoms with E-state index < -0.39 is 6.03 Å². The van der Waals surface area contributed by atoms with Crippen molar-refractivity contribution in [1.29, 1.82) is 0 Å². The molecule has 0 atom stereocenters. The molecule has 2 amide bonds. The molecule has 3 rings (SSSR count). The van der Waals surface area contributed by atoms with Crippen LogP contribution in [0.2, 0.25) is 5.02 Å². The third-order valence-corrected chi connectivity index (χ3v) is 3.49. The smallest absolute Gasteiger partial charge is 0.319 e. The van der Waals surface area contributed by atoms with Crippen LogP contribution in [0.4, 0.5) is 10.5 Å². The molecule has 19 heavy (non-hydrogen) atoms. The molecule has 4 nitrogen and oxygen atoms in total. The second-order valence-corrected chi connectivity index (χ2v) is 4.96. The molecule has 2 N–H and O–H groups in total. The van der Waals surface area contributed by atoms with E-state index in [0.29, 0.717) is 23.0 Å². The maximum atomic E-state index is 11.7. The van der Waals surface area contributed by atoms with Gasteiger partial charge in [0.1, 0.15) is 5.76 Å². The predicted octanol–water partition coefficient (Wildman–Crippen LogP) is 3.22. The first-order valence-electron chi connectivity index (χ1n) is 6.08. The number of carbonyl (C=O) groups is 1. The molecule has 0 radical (unpaired) electrons. The summed E-state index contributed by atoms with van der Waals surface area (Å²) in [6.07, 6.45) is 5.84. The molecule has 1 aliphatic heterocycles. The number of rotatable bonds is 0.